The van der Waals surface area contributed by atoms with Crippen molar-refractivity contribution in [1.82, 2.24) is 14.9 Å². The topological polar surface area (TPSA) is 75.1 Å². The summed E-state index contributed by atoms with van der Waals surface area (Å²) in [6.07, 6.45) is 5.59. The normalized spacial score (nSPS) is 10.6. The third-order valence-corrected chi connectivity index (χ3v) is 3.39. The first-order valence-corrected chi connectivity index (χ1v) is 7.27. The second-order valence-electron chi connectivity index (χ2n) is 4.19. The van der Waals surface area contributed by atoms with Gasteiger partial charge in [-0.1, -0.05) is 30.7 Å². The number of carbonyl (C=O) groups excluding carboxylic acids is 1. The third-order valence-electron chi connectivity index (χ3n) is 2.62. The van der Waals surface area contributed by atoms with E-state index in [0.717, 1.165) is 55.8 Å². The molecule has 5 nitrogen and oxygen atoms in total. The second-order valence-corrected chi connectivity index (χ2v) is 4.95. The van der Waals surface area contributed by atoms with Gasteiger partial charge in [0.15, 0.2) is 0 Å². The largest absolute Gasteiger partial charge is 0.396 e. The fraction of sp³-hybridized carbons (Fsp3) is 0.750. The lowest BCUT2D eigenvalue weighted by molar-refractivity contribution is 0.0955. The Labute approximate surface area is 112 Å². The molecule has 102 valence electrons. The van der Waals surface area contributed by atoms with E-state index in [1.54, 1.807) is 0 Å². The van der Waals surface area contributed by atoms with Crippen molar-refractivity contribution in [3.63, 3.8) is 0 Å². The molecule has 18 heavy (non-hydrogen) atoms. The van der Waals surface area contributed by atoms with Crippen LogP contribution in [-0.2, 0) is 6.42 Å². The summed E-state index contributed by atoms with van der Waals surface area (Å²) in [6, 6.07) is 0. The van der Waals surface area contributed by atoms with Crippen LogP contribution in [0.4, 0.5) is 0 Å². The molecule has 6 heteroatoms. The molecule has 2 N–H and O–H groups in total. The molecule has 1 heterocycles. The van der Waals surface area contributed by atoms with Crippen LogP contribution in [0, 0.1) is 0 Å². The number of unbranched alkanes of at least 4 members (excludes halogenated alkanes) is 3. The number of aromatic nitrogens is 2. The van der Waals surface area contributed by atoms with Gasteiger partial charge in [0.1, 0.15) is 4.88 Å². The van der Waals surface area contributed by atoms with E-state index in [1.807, 2.05) is 0 Å². The molecule has 0 radical (unpaired) electrons. The van der Waals surface area contributed by atoms with Crippen LogP contribution in [0.1, 0.15) is 54.4 Å². The van der Waals surface area contributed by atoms with Gasteiger partial charge in [0.25, 0.3) is 5.91 Å². The van der Waals surface area contributed by atoms with Gasteiger partial charge in [-0.25, -0.2) is 0 Å². The molecule has 0 saturated heterocycles. The van der Waals surface area contributed by atoms with Gasteiger partial charge in [0.2, 0.25) is 0 Å². The molecule has 0 unspecified atom stereocenters. The van der Waals surface area contributed by atoms with Gasteiger partial charge in [-0.05, 0) is 30.8 Å². The van der Waals surface area contributed by atoms with Crippen molar-refractivity contribution in [1.29, 1.82) is 0 Å². The number of hydrogen-bond donors (Lipinski definition) is 2. The molecular formula is C12H21N3O2S. The number of carbonyl (C=O) groups is 1. The monoisotopic (exact) mass is 271 g/mol. The maximum absolute atomic E-state index is 11.9. The van der Waals surface area contributed by atoms with Crippen molar-refractivity contribution in [3.8, 4) is 0 Å². The van der Waals surface area contributed by atoms with Gasteiger partial charge in [-0.2, -0.15) is 0 Å². The first-order chi connectivity index (χ1) is 8.79. The summed E-state index contributed by atoms with van der Waals surface area (Å²) in [5, 5.41) is 15.5. The molecule has 1 aromatic heterocycles. The molecular weight excluding hydrogens is 250 g/mol. The molecule has 0 fully saturated rings. The summed E-state index contributed by atoms with van der Waals surface area (Å²) < 4.78 is 3.83. The van der Waals surface area contributed by atoms with Crippen molar-refractivity contribution in [2.75, 3.05) is 13.2 Å². The van der Waals surface area contributed by atoms with E-state index in [9.17, 15) is 4.79 Å². The van der Waals surface area contributed by atoms with Crippen LogP contribution in [0.15, 0.2) is 0 Å². The van der Waals surface area contributed by atoms with E-state index in [1.165, 1.54) is 0 Å². The second kappa shape index (κ2) is 8.99. The average molecular weight is 271 g/mol. The number of nitrogens with zero attached hydrogens (tertiary/aromatic N) is 2. The van der Waals surface area contributed by atoms with Crippen molar-refractivity contribution >= 4 is 17.4 Å². The third kappa shape index (κ3) is 5.10. The minimum atomic E-state index is -0.0596. The lowest BCUT2D eigenvalue weighted by Crippen LogP contribution is -2.24. The molecule has 0 aliphatic heterocycles. The molecule has 0 saturated carbocycles. The zero-order valence-electron chi connectivity index (χ0n) is 10.8. The summed E-state index contributed by atoms with van der Waals surface area (Å²) in [6.45, 7) is 2.98. The molecule has 0 bridgehead atoms. The Morgan fingerprint density at radius 2 is 2.11 bits per heavy atom. The fourth-order valence-corrected chi connectivity index (χ4v) is 2.28. The summed E-state index contributed by atoms with van der Waals surface area (Å²) in [5.41, 5.74) is 0.806. The maximum Gasteiger partial charge on any atom is 0.264 e. The summed E-state index contributed by atoms with van der Waals surface area (Å²) in [5.74, 6) is -0.0596. The van der Waals surface area contributed by atoms with Crippen LogP contribution in [0.3, 0.4) is 0 Å². The number of aliphatic hydroxyl groups excluding tert-OH is 1. The highest BCUT2D eigenvalue weighted by molar-refractivity contribution is 7.08. The number of rotatable bonds is 9. The Morgan fingerprint density at radius 3 is 2.83 bits per heavy atom. The van der Waals surface area contributed by atoms with Gasteiger partial charge in [0.05, 0.1) is 5.69 Å². The van der Waals surface area contributed by atoms with Crippen LogP contribution < -0.4 is 5.32 Å². The van der Waals surface area contributed by atoms with Crippen molar-refractivity contribution in [3.05, 3.63) is 10.6 Å². The molecule has 0 aliphatic rings. The number of nitrogens with one attached hydrogen (secondary N) is 1. The molecule has 1 amide bonds. The zero-order valence-corrected chi connectivity index (χ0v) is 11.6. The summed E-state index contributed by atoms with van der Waals surface area (Å²) in [7, 11) is 0. The lowest BCUT2D eigenvalue weighted by Gasteiger charge is -2.04. The van der Waals surface area contributed by atoms with Crippen LogP contribution in [0.2, 0.25) is 0 Å². The molecule has 0 atom stereocenters. The molecule has 0 spiro atoms. The quantitative estimate of drug-likeness (QED) is 0.671. The van der Waals surface area contributed by atoms with E-state index < -0.39 is 0 Å². The number of aryl methyl sites for hydroxylation is 1. The Balaban J connectivity index is 2.25. The zero-order chi connectivity index (χ0) is 13.2. The molecule has 1 rings (SSSR count). The predicted octanol–water partition coefficient (Wildman–Crippen LogP) is 1.77. The highest BCUT2D eigenvalue weighted by Crippen LogP contribution is 2.12. The highest BCUT2D eigenvalue weighted by Gasteiger charge is 2.14. The molecule has 0 aliphatic carbocycles. The van der Waals surface area contributed by atoms with Crippen molar-refractivity contribution in [2.45, 2.75) is 45.4 Å². The van der Waals surface area contributed by atoms with E-state index in [-0.39, 0.29) is 12.5 Å². The van der Waals surface area contributed by atoms with Gasteiger partial charge >= 0.3 is 0 Å². The first-order valence-electron chi connectivity index (χ1n) is 6.49. The first kappa shape index (κ1) is 15.0. The van der Waals surface area contributed by atoms with Crippen LogP contribution in [-0.4, -0.2) is 33.8 Å². The Hall–Kier alpha value is -1.01. The minimum absolute atomic E-state index is 0.0596. The maximum atomic E-state index is 11.9. The van der Waals surface area contributed by atoms with Crippen molar-refractivity contribution in [2.24, 2.45) is 0 Å². The smallest absolute Gasteiger partial charge is 0.264 e. The highest BCUT2D eigenvalue weighted by atomic mass is 32.1. The SMILES string of the molecule is CCCc1nnsc1C(=O)NCCCCCCO. The Kier molecular flexibility index (Phi) is 7.52. The van der Waals surface area contributed by atoms with Crippen LogP contribution in [0.5, 0.6) is 0 Å². The van der Waals surface area contributed by atoms with E-state index >= 15 is 0 Å². The summed E-state index contributed by atoms with van der Waals surface area (Å²) in [4.78, 5) is 12.5. The van der Waals surface area contributed by atoms with Crippen molar-refractivity contribution < 1.29 is 9.90 Å². The van der Waals surface area contributed by atoms with Crippen LogP contribution >= 0.6 is 11.5 Å². The Morgan fingerprint density at radius 1 is 1.33 bits per heavy atom. The average Bonchev–Trinajstić information content (AvgIpc) is 2.82. The molecule has 0 aromatic carbocycles. The fourth-order valence-electron chi connectivity index (χ4n) is 1.65. The predicted molar refractivity (Wildman–Crippen MR) is 71.8 cm³/mol. The summed E-state index contributed by atoms with van der Waals surface area (Å²) >= 11 is 1.16. The number of amides is 1. The van der Waals surface area contributed by atoms with Gasteiger partial charge in [-0.15, -0.1) is 5.10 Å². The van der Waals surface area contributed by atoms with Gasteiger partial charge < -0.3 is 10.4 Å². The van der Waals surface area contributed by atoms with E-state index in [0.29, 0.717) is 11.4 Å². The van der Waals surface area contributed by atoms with Gasteiger partial charge in [-0.3, -0.25) is 4.79 Å². The molecule has 1 aromatic rings. The van der Waals surface area contributed by atoms with E-state index in [4.69, 9.17) is 5.11 Å². The lowest BCUT2D eigenvalue weighted by atomic mass is 10.2. The van der Waals surface area contributed by atoms with E-state index in [2.05, 4.69) is 21.8 Å². The van der Waals surface area contributed by atoms with Crippen LogP contribution in [0.25, 0.3) is 0 Å². The van der Waals surface area contributed by atoms with Gasteiger partial charge in [0, 0.05) is 13.2 Å². The number of aliphatic hydroxyl groups is 1. The standard InChI is InChI=1S/C12H21N3O2S/c1-2-7-10-11(18-15-14-10)12(17)13-8-5-3-4-6-9-16/h16H,2-9H2,1H3,(H,13,17). The number of hydrogen-bond acceptors (Lipinski definition) is 5. The Bertz CT molecular complexity index is 355. The minimum Gasteiger partial charge on any atom is -0.396 e.